The Balaban J connectivity index is 2.22. The Labute approximate surface area is 105 Å². The molecule has 1 aliphatic rings. The first kappa shape index (κ1) is 12.2. The van der Waals surface area contributed by atoms with Crippen molar-refractivity contribution >= 4 is 0 Å². The molecule has 1 heterocycles. The van der Waals surface area contributed by atoms with Gasteiger partial charge < -0.3 is 0 Å². The maximum absolute atomic E-state index is 5.48. The summed E-state index contributed by atoms with van der Waals surface area (Å²) in [4.78, 5) is 2.46. The molecule has 1 aromatic rings. The van der Waals surface area contributed by atoms with Gasteiger partial charge in [0.15, 0.2) is 0 Å². The number of benzene rings is 1. The molecule has 0 spiro atoms. The van der Waals surface area contributed by atoms with Crippen LogP contribution >= 0.6 is 0 Å². The lowest BCUT2D eigenvalue weighted by Crippen LogP contribution is -2.35. The molecular formula is C16H21N. The minimum atomic E-state index is 0.538. The van der Waals surface area contributed by atoms with Crippen LogP contribution in [0.25, 0.3) is 0 Å². The van der Waals surface area contributed by atoms with Crippen LogP contribution in [0.15, 0.2) is 24.3 Å². The van der Waals surface area contributed by atoms with E-state index in [2.05, 4.69) is 42.0 Å². The van der Waals surface area contributed by atoms with Crippen molar-refractivity contribution in [1.82, 2.24) is 4.90 Å². The zero-order valence-electron chi connectivity index (χ0n) is 10.7. The summed E-state index contributed by atoms with van der Waals surface area (Å²) in [5.41, 5.74) is 3.02. The average molecular weight is 227 g/mol. The van der Waals surface area contributed by atoms with Crippen molar-refractivity contribution < 1.29 is 0 Å². The highest BCUT2D eigenvalue weighted by Gasteiger charge is 2.25. The molecule has 1 heteroatoms. The maximum Gasteiger partial charge on any atom is 0.0604 e. The van der Waals surface area contributed by atoms with Crippen molar-refractivity contribution in [2.45, 2.75) is 38.6 Å². The number of unbranched alkanes of at least 4 members (excludes halogenated alkanes) is 1. The first-order valence-electron chi connectivity index (χ1n) is 6.62. The van der Waals surface area contributed by atoms with Crippen molar-refractivity contribution in [3.05, 3.63) is 35.4 Å². The smallest absolute Gasteiger partial charge is 0.0604 e. The zero-order chi connectivity index (χ0) is 12.1. The summed E-state index contributed by atoms with van der Waals surface area (Å²) in [5.74, 6) is 2.80. The van der Waals surface area contributed by atoms with E-state index < -0.39 is 0 Å². The van der Waals surface area contributed by atoms with Gasteiger partial charge in [-0.15, -0.1) is 6.42 Å². The first-order chi connectivity index (χ1) is 8.36. The number of hydrogen-bond acceptors (Lipinski definition) is 1. The summed E-state index contributed by atoms with van der Waals surface area (Å²) >= 11 is 0. The van der Waals surface area contributed by atoms with E-state index in [1.54, 1.807) is 0 Å². The van der Waals surface area contributed by atoms with Crippen LogP contribution < -0.4 is 0 Å². The lowest BCUT2D eigenvalue weighted by molar-refractivity contribution is 0.196. The van der Waals surface area contributed by atoms with Crippen molar-refractivity contribution in [3.8, 4) is 12.3 Å². The highest BCUT2D eigenvalue weighted by molar-refractivity contribution is 5.32. The lowest BCUT2D eigenvalue weighted by Gasteiger charge is -2.36. The quantitative estimate of drug-likeness (QED) is 0.712. The predicted octanol–water partition coefficient (Wildman–Crippen LogP) is 3.41. The van der Waals surface area contributed by atoms with E-state index >= 15 is 0 Å². The lowest BCUT2D eigenvalue weighted by atomic mass is 9.89. The third-order valence-electron chi connectivity index (χ3n) is 3.65. The molecule has 17 heavy (non-hydrogen) atoms. The van der Waals surface area contributed by atoms with Crippen LogP contribution in [0.2, 0.25) is 0 Å². The summed E-state index contributed by atoms with van der Waals surface area (Å²) in [7, 11) is 0. The van der Waals surface area contributed by atoms with Gasteiger partial charge in [-0.2, -0.15) is 0 Å². The Morgan fingerprint density at radius 1 is 1.41 bits per heavy atom. The molecule has 1 unspecified atom stereocenters. The van der Waals surface area contributed by atoms with Crippen LogP contribution in [0.3, 0.4) is 0 Å². The molecule has 0 aliphatic carbocycles. The molecule has 0 bridgehead atoms. The van der Waals surface area contributed by atoms with E-state index in [1.807, 2.05) is 0 Å². The molecule has 0 fully saturated rings. The molecule has 0 N–H and O–H groups in total. The summed E-state index contributed by atoms with van der Waals surface area (Å²) < 4.78 is 0. The molecule has 1 aliphatic heterocycles. The Kier molecular flexibility index (Phi) is 4.23. The molecule has 90 valence electrons. The number of rotatable bonds is 4. The fraction of sp³-hybridized carbons (Fsp3) is 0.500. The van der Waals surface area contributed by atoms with Gasteiger partial charge in [0.05, 0.1) is 6.54 Å². The Morgan fingerprint density at radius 3 is 3.00 bits per heavy atom. The Morgan fingerprint density at radius 2 is 2.24 bits per heavy atom. The van der Waals surface area contributed by atoms with Gasteiger partial charge in [0.25, 0.3) is 0 Å². The molecule has 1 nitrogen and oxygen atoms in total. The normalized spacial score (nSPS) is 19.6. The topological polar surface area (TPSA) is 3.24 Å². The van der Waals surface area contributed by atoms with E-state index in [0.29, 0.717) is 6.04 Å². The van der Waals surface area contributed by atoms with Gasteiger partial charge in [0.1, 0.15) is 0 Å². The second-order valence-electron chi connectivity index (χ2n) is 4.78. The molecule has 0 amide bonds. The molecule has 2 rings (SSSR count). The van der Waals surface area contributed by atoms with Gasteiger partial charge in [-0.3, -0.25) is 4.90 Å². The molecule has 0 aromatic heterocycles. The van der Waals surface area contributed by atoms with Crippen molar-refractivity contribution in [2.75, 3.05) is 13.1 Å². The van der Waals surface area contributed by atoms with Crippen LogP contribution in [-0.2, 0) is 6.42 Å². The van der Waals surface area contributed by atoms with Crippen LogP contribution in [0.1, 0.15) is 43.4 Å². The van der Waals surface area contributed by atoms with E-state index in [-0.39, 0.29) is 0 Å². The van der Waals surface area contributed by atoms with E-state index in [1.165, 1.54) is 30.4 Å². The monoisotopic (exact) mass is 227 g/mol. The van der Waals surface area contributed by atoms with Gasteiger partial charge >= 0.3 is 0 Å². The fourth-order valence-corrected chi connectivity index (χ4v) is 2.75. The summed E-state index contributed by atoms with van der Waals surface area (Å²) in [6.07, 6.45) is 10.4. The second-order valence-corrected chi connectivity index (χ2v) is 4.78. The van der Waals surface area contributed by atoms with Crippen LogP contribution in [-0.4, -0.2) is 18.0 Å². The highest BCUT2D eigenvalue weighted by Crippen LogP contribution is 2.32. The van der Waals surface area contributed by atoms with Crippen molar-refractivity contribution in [2.24, 2.45) is 0 Å². The summed E-state index contributed by atoms with van der Waals surface area (Å²) in [5, 5.41) is 0. The van der Waals surface area contributed by atoms with Gasteiger partial charge in [-0.1, -0.05) is 50.0 Å². The summed E-state index contributed by atoms with van der Waals surface area (Å²) in [6, 6.07) is 9.37. The van der Waals surface area contributed by atoms with E-state index in [9.17, 15) is 0 Å². The minimum absolute atomic E-state index is 0.538. The van der Waals surface area contributed by atoms with Gasteiger partial charge in [0, 0.05) is 12.6 Å². The molecule has 0 saturated carbocycles. The van der Waals surface area contributed by atoms with E-state index in [0.717, 1.165) is 19.5 Å². The Hall–Kier alpha value is -1.26. The molecule has 0 saturated heterocycles. The average Bonchev–Trinajstić information content (AvgIpc) is 2.37. The molecule has 0 radical (unpaired) electrons. The highest BCUT2D eigenvalue weighted by atomic mass is 15.2. The largest absolute Gasteiger partial charge is 0.285 e. The second kappa shape index (κ2) is 5.89. The van der Waals surface area contributed by atoms with Crippen LogP contribution in [0.5, 0.6) is 0 Å². The SMILES string of the molecule is C#CCN1CCc2ccccc2C1CCCC. The zero-order valence-corrected chi connectivity index (χ0v) is 10.7. The summed E-state index contributed by atoms with van der Waals surface area (Å²) in [6.45, 7) is 4.14. The van der Waals surface area contributed by atoms with Gasteiger partial charge in [-0.25, -0.2) is 0 Å². The molecular weight excluding hydrogens is 206 g/mol. The third-order valence-corrected chi connectivity index (χ3v) is 3.65. The fourth-order valence-electron chi connectivity index (χ4n) is 2.75. The van der Waals surface area contributed by atoms with E-state index in [4.69, 9.17) is 6.42 Å². The Bertz CT molecular complexity index is 402. The van der Waals surface area contributed by atoms with Gasteiger partial charge in [-0.05, 0) is 24.0 Å². The number of terminal acetylenes is 1. The minimum Gasteiger partial charge on any atom is -0.285 e. The predicted molar refractivity (Wildman–Crippen MR) is 72.8 cm³/mol. The number of hydrogen-bond donors (Lipinski definition) is 0. The van der Waals surface area contributed by atoms with Crippen molar-refractivity contribution in [1.29, 1.82) is 0 Å². The van der Waals surface area contributed by atoms with Gasteiger partial charge in [0.2, 0.25) is 0 Å². The number of fused-ring (bicyclic) bond motifs is 1. The molecule has 1 atom stereocenters. The first-order valence-corrected chi connectivity index (χ1v) is 6.62. The van der Waals surface area contributed by atoms with Crippen LogP contribution in [0, 0.1) is 12.3 Å². The standard InChI is InChI=1S/C16H21N/c1-3-5-10-16-15-9-7-6-8-14(15)11-13-17(16)12-4-2/h2,6-9,16H,3,5,10-13H2,1H3. The van der Waals surface area contributed by atoms with Crippen LogP contribution in [0.4, 0.5) is 0 Å². The maximum atomic E-state index is 5.48. The van der Waals surface area contributed by atoms with Crippen molar-refractivity contribution in [3.63, 3.8) is 0 Å². The number of nitrogens with zero attached hydrogens (tertiary/aromatic N) is 1. The molecule has 1 aromatic carbocycles. The third kappa shape index (κ3) is 2.70.